The Morgan fingerprint density at radius 3 is 2.34 bits per heavy atom. The van der Waals surface area contributed by atoms with Crippen molar-refractivity contribution in [3.63, 3.8) is 0 Å². The van der Waals surface area contributed by atoms with E-state index >= 15 is 0 Å². The van der Waals surface area contributed by atoms with Crippen LogP contribution < -0.4 is 5.32 Å². The van der Waals surface area contributed by atoms with Gasteiger partial charge in [-0.1, -0.05) is 12.1 Å². The summed E-state index contributed by atoms with van der Waals surface area (Å²) in [6.07, 6.45) is 4.08. The molecule has 2 aliphatic rings. The van der Waals surface area contributed by atoms with Gasteiger partial charge in [0.2, 0.25) is 5.91 Å². The fourth-order valence-corrected chi connectivity index (χ4v) is 5.60. The Labute approximate surface area is 208 Å². The van der Waals surface area contributed by atoms with Gasteiger partial charge in [0.25, 0.3) is 0 Å². The lowest BCUT2D eigenvalue weighted by molar-refractivity contribution is -0.138. The van der Waals surface area contributed by atoms with E-state index in [1.807, 2.05) is 6.92 Å². The second-order valence-electron chi connectivity index (χ2n) is 10.5. The topological polar surface area (TPSA) is 66.3 Å². The minimum absolute atomic E-state index is 0.202. The number of likely N-dealkylation sites (N-methyl/N-ethyl adjacent to an activating group) is 1. The van der Waals surface area contributed by atoms with Gasteiger partial charge in [-0.25, -0.2) is 9.97 Å². The van der Waals surface area contributed by atoms with Crippen molar-refractivity contribution in [2.45, 2.75) is 59.0 Å². The molecule has 0 atom stereocenters. The fourth-order valence-electron chi connectivity index (χ4n) is 5.60. The molecule has 1 aliphatic carbocycles. The summed E-state index contributed by atoms with van der Waals surface area (Å²) in [4.78, 5) is 26.8. The number of amides is 1. The first-order chi connectivity index (χ1) is 16.9. The van der Waals surface area contributed by atoms with Crippen LogP contribution in [0.25, 0.3) is 11.2 Å². The quantitative estimate of drug-likeness (QED) is 0.602. The molecular weight excluding hydrogens is 436 g/mol. The van der Waals surface area contributed by atoms with Crippen LogP contribution in [0.3, 0.4) is 0 Å². The van der Waals surface area contributed by atoms with E-state index in [0.717, 1.165) is 86.8 Å². The van der Waals surface area contributed by atoms with E-state index in [0.29, 0.717) is 11.9 Å². The smallest absolute Gasteiger partial charge is 0.225 e. The summed E-state index contributed by atoms with van der Waals surface area (Å²) in [6.45, 7) is 10.7. The minimum Gasteiger partial charge on any atom is -0.382 e. The summed E-state index contributed by atoms with van der Waals surface area (Å²) in [5, 5.41) is 3.70. The molecule has 1 saturated heterocycles. The predicted octanol–water partition coefficient (Wildman–Crippen LogP) is 4.15. The van der Waals surface area contributed by atoms with Crippen LogP contribution in [0.1, 0.15) is 48.3 Å². The lowest BCUT2D eigenvalue weighted by Crippen LogP contribution is -2.49. The highest BCUT2D eigenvalue weighted by Gasteiger charge is 2.30. The number of carbonyl (C=O) groups excluding carboxylic acids is 1. The van der Waals surface area contributed by atoms with Crippen LogP contribution in [0, 0.1) is 26.7 Å². The van der Waals surface area contributed by atoms with Crippen molar-refractivity contribution in [2.75, 3.05) is 38.5 Å². The van der Waals surface area contributed by atoms with Crippen LogP contribution in [0.2, 0.25) is 0 Å². The molecule has 1 saturated carbocycles. The van der Waals surface area contributed by atoms with Crippen molar-refractivity contribution in [1.29, 1.82) is 0 Å². The lowest BCUT2D eigenvalue weighted by Gasteiger charge is -2.36. The molecule has 1 amide bonds. The summed E-state index contributed by atoms with van der Waals surface area (Å²) in [5.74, 6) is 1.57. The van der Waals surface area contributed by atoms with Gasteiger partial charge < -0.3 is 19.7 Å². The number of carbonyl (C=O) groups is 1. The summed E-state index contributed by atoms with van der Waals surface area (Å²) < 4.78 is 2.20. The first-order valence-corrected chi connectivity index (χ1v) is 13.0. The predicted molar refractivity (Wildman–Crippen MR) is 141 cm³/mol. The molecule has 2 aromatic heterocycles. The molecule has 0 unspecified atom stereocenters. The van der Waals surface area contributed by atoms with Crippen molar-refractivity contribution >= 4 is 22.8 Å². The maximum absolute atomic E-state index is 12.9. The number of piperazine rings is 1. The number of anilines is 1. The number of hydrogen-bond acceptors (Lipinski definition) is 5. The molecule has 1 aromatic carbocycles. The molecule has 35 heavy (non-hydrogen) atoms. The zero-order valence-corrected chi connectivity index (χ0v) is 21.5. The molecule has 3 aromatic rings. The minimum atomic E-state index is 0.202. The highest BCUT2D eigenvalue weighted by molar-refractivity contribution is 5.79. The third-order valence-electron chi connectivity index (χ3n) is 7.77. The van der Waals surface area contributed by atoms with Crippen LogP contribution in [0.15, 0.2) is 30.3 Å². The Morgan fingerprint density at radius 1 is 0.971 bits per heavy atom. The molecule has 7 heteroatoms. The van der Waals surface area contributed by atoms with Crippen molar-refractivity contribution in [3.8, 4) is 0 Å². The van der Waals surface area contributed by atoms with Crippen molar-refractivity contribution in [1.82, 2.24) is 24.3 Å². The third-order valence-corrected chi connectivity index (χ3v) is 7.77. The standard InChI is InChI=1S/C28H38N6O/c1-19-17-20(2)29-27-26(19)30-21(3)34(27)18-22-5-9-24(10-6-22)31-25-11-7-23(8-12-25)28(35)33-15-13-32(4)14-16-33/h5-6,9-10,17,23,25,31H,7-8,11-16,18H2,1-4H3. The van der Waals surface area contributed by atoms with Crippen LogP contribution in [0.5, 0.6) is 0 Å². The Morgan fingerprint density at radius 2 is 1.66 bits per heavy atom. The number of hydrogen-bond donors (Lipinski definition) is 1. The molecule has 1 N–H and O–H groups in total. The van der Waals surface area contributed by atoms with Gasteiger partial charge in [-0.2, -0.15) is 0 Å². The summed E-state index contributed by atoms with van der Waals surface area (Å²) >= 11 is 0. The maximum Gasteiger partial charge on any atom is 0.225 e. The summed E-state index contributed by atoms with van der Waals surface area (Å²) in [7, 11) is 2.13. The Hall–Kier alpha value is -2.93. The van der Waals surface area contributed by atoms with E-state index in [1.54, 1.807) is 0 Å². The van der Waals surface area contributed by atoms with Gasteiger partial charge in [0.1, 0.15) is 11.3 Å². The molecule has 0 spiro atoms. The average Bonchev–Trinajstić information content (AvgIpc) is 3.16. The maximum atomic E-state index is 12.9. The van der Waals surface area contributed by atoms with E-state index in [-0.39, 0.29) is 5.92 Å². The van der Waals surface area contributed by atoms with E-state index in [9.17, 15) is 4.79 Å². The highest BCUT2D eigenvalue weighted by Crippen LogP contribution is 2.29. The highest BCUT2D eigenvalue weighted by atomic mass is 16.2. The van der Waals surface area contributed by atoms with E-state index in [1.165, 1.54) is 11.1 Å². The zero-order valence-electron chi connectivity index (χ0n) is 21.5. The van der Waals surface area contributed by atoms with Crippen LogP contribution in [0.4, 0.5) is 5.69 Å². The normalized spacial score (nSPS) is 21.4. The average molecular weight is 475 g/mol. The van der Waals surface area contributed by atoms with Crippen molar-refractivity contribution < 1.29 is 4.79 Å². The zero-order chi connectivity index (χ0) is 24.5. The Kier molecular flexibility index (Phi) is 6.78. The second kappa shape index (κ2) is 9.97. The van der Waals surface area contributed by atoms with Crippen LogP contribution >= 0.6 is 0 Å². The number of benzene rings is 1. The lowest BCUT2D eigenvalue weighted by atomic mass is 9.85. The number of rotatable bonds is 5. The summed E-state index contributed by atoms with van der Waals surface area (Å²) in [5.41, 5.74) is 6.54. The van der Waals surface area contributed by atoms with E-state index in [4.69, 9.17) is 9.97 Å². The molecule has 0 radical (unpaired) electrons. The number of aromatic nitrogens is 3. The molecule has 1 aliphatic heterocycles. The molecule has 2 fully saturated rings. The monoisotopic (exact) mass is 474 g/mol. The second-order valence-corrected chi connectivity index (χ2v) is 10.5. The number of pyridine rings is 1. The van der Waals surface area contributed by atoms with Crippen molar-refractivity contribution in [3.05, 3.63) is 53.0 Å². The fraction of sp³-hybridized carbons (Fsp3) is 0.536. The number of imidazole rings is 1. The molecule has 3 heterocycles. The van der Waals surface area contributed by atoms with Gasteiger partial charge in [0.05, 0.1) is 6.54 Å². The SMILES string of the molecule is Cc1cc(C)c2nc(C)n(Cc3ccc(NC4CCC(C(=O)N5CCN(C)CC5)CC4)cc3)c2n1. The first kappa shape index (κ1) is 23.8. The Balaban J connectivity index is 1.16. The molecule has 5 rings (SSSR count). The summed E-state index contributed by atoms with van der Waals surface area (Å²) in [6, 6.07) is 11.3. The van der Waals surface area contributed by atoms with Gasteiger partial charge in [-0.3, -0.25) is 4.79 Å². The van der Waals surface area contributed by atoms with Crippen molar-refractivity contribution in [2.24, 2.45) is 5.92 Å². The number of nitrogens with zero attached hydrogens (tertiary/aromatic N) is 5. The number of fused-ring (bicyclic) bond motifs is 1. The Bertz CT molecular complexity index is 1180. The van der Waals surface area contributed by atoms with Gasteiger partial charge in [-0.05, 0) is 82.8 Å². The van der Waals surface area contributed by atoms with Gasteiger partial charge in [0, 0.05) is 49.5 Å². The van der Waals surface area contributed by atoms with E-state index in [2.05, 4.69) is 70.9 Å². The van der Waals surface area contributed by atoms with Gasteiger partial charge >= 0.3 is 0 Å². The third kappa shape index (κ3) is 5.20. The van der Waals surface area contributed by atoms with Gasteiger partial charge in [-0.15, -0.1) is 0 Å². The van der Waals surface area contributed by atoms with E-state index < -0.39 is 0 Å². The first-order valence-electron chi connectivity index (χ1n) is 13.0. The van der Waals surface area contributed by atoms with Gasteiger partial charge in [0.15, 0.2) is 5.65 Å². The molecule has 0 bridgehead atoms. The van der Waals surface area contributed by atoms with Crippen LogP contribution in [-0.4, -0.2) is 69.5 Å². The largest absolute Gasteiger partial charge is 0.382 e. The molecule has 186 valence electrons. The number of aryl methyl sites for hydroxylation is 3. The number of nitrogens with one attached hydrogen (secondary N) is 1. The molecular formula is C28H38N6O. The molecule has 7 nitrogen and oxygen atoms in total. The van der Waals surface area contributed by atoms with Crippen LogP contribution in [-0.2, 0) is 11.3 Å².